The van der Waals surface area contributed by atoms with Crippen molar-refractivity contribution in [3.63, 3.8) is 0 Å². The molecule has 0 aliphatic carbocycles. The Morgan fingerprint density at radius 1 is 1.04 bits per heavy atom. The highest BCUT2D eigenvalue weighted by Gasteiger charge is 2.38. The maximum Gasteiger partial charge on any atom is 0.471 e. The van der Waals surface area contributed by atoms with E-state index in [1.165, 1.54) is 37.4 Å². The molecule has 0 heterocycles. The Kier molecular flexibility index (Phi) is 5.45. The minimum atomic E-state index is -5.01. The Labute approximate surface area is 148 Å². The van der Waals surface area contributed by atoms with Crippen LogP contribution in [0.25, 0.3) is 0 Å². The predicted molar refractivity (Wildman–Crippen MR) is 89.7 cm³/mol. The Hall–Kier alpha value is -2.75. The molecule has 0 atom stereocenters. The molecular formula is C16H15F3N2O4S. The summed E-state index contributed by atoms with van der Waals surface area (Å²) in [5.74, 6) is -1.58. The van der Waals surface area contributed by atoms with E-state index < -0.39 is 22.1 Å². The average molecular weight is 388 g/mol. The van der Waals surface area contributed by atoms with Gasteiger partial charge in [-0.05, 0) is 55.0 Å². The van der Waals surface area contributed by atoms with E-state index in [0.29, 0.717) is 11.3 Å². The van der Waals surface area contributed by atoms with Crippen LogP contribution in [0.15, 0.2) is 47.4 Å². The summed E-state index contributed by atoms with van der Waals surface area (Å²) in [6, 6.07) is 9.09. The Balaban J connectivity index is 2.15. The number of halogens is 3. The standard InChI is InChI=1S/C16H15F3N2O4S/c1-10-9-13(7-8-14(10)25-2)26(23,24)21-12-5-3-11(4-6-12)20-15(22)16(17,18)19/h3-9,21H,1-2H3,(H,20,22). The molecule has 140 valence electrons. The second-order valence-electron chi connectivity index (χ2n) is 5.27. The first kappa shape index (κ1) is 19.6. The zero-order chi connectivity index (χ0) is 19.5. The topological polar surface area (TPSA) is 84.5 Å². The number of amides is 1. The fourth-order valence-corrected chi connectivity index (χ4v) is 3.20. The van der Waals surface area contributed by atoms with Gasteiger partial charge in [0.1, 0.15) is 5.75 Å². The summed E-state index contributed by atoms with van der Waals surface area (Å²) >= 11 is 0. The number of anilines is 2. The van der Waals surface area contributed by atoms with Crippen molar-refractivity contribution in [1.29, 1.82) is 0 Å². The van der Waals surface area contributed by atoms with Gasteiger partial charge >= 0.3 is 12.1 Å². The van der Waals surface area contributed by atoms with Crippen molar-refractivity contribution in [3.8, 4) is 5.75 Å². The minimum Gasteiger partial charge on any atom is -0.496 e. The van der Waals surface area contributed by atoms with Crippen molar-refractivity contribution in [3.05, 3.63) is 48.0 Å². The van der Waals surface area contributed by atoms with Gasteiger partial charge in [-0.3, -0.25) is 9.52 Å². The molecule has 0 saturated heterocycles. The molecule has 0 aromatic heterocycles. The third-order valence-electron chi connectivity index (χ3n) is 3.33. The van der Waals surface area contributed by atoms with Crippen molar-refractivity contribution < 1.29 is 31.1 Å². The first-order valence-electron chi connectivity index (χ1n) is 7.18. The number of ether oxygens (including phenoxy) is 1. The molecule has 0 radical (unpaired) electrons. The van der Waals surface area contributed by atoms with Crippen LogP contribution in [0.5, 0.6) is 5.75 Å². The molecule has 10 heteroatoms. The van der Waals surface area contributed by atoms with E-state index in [2.05, 4.69) is 4.72 Å². The number of carbonyl (C=O) groups excluding carboxylic acids is 1. The second-order valence-corrected chi connectivity index (χ2v) is 6.95. The van der Waals surface area contributed by atoms with Crippen molar-refractivity contribution in [1.82, 2.24) is 0 Å². The summed E-state index contributed by atoms with van der Waals surface area (Å²) in [6.07, 6.45) is -5.01. The highest BCUT2D eigenvalue weighted by molar-refractivity contribution is 7.92. The van der Waals surface area contributed by atoms with Gasteiger partial charge in [0.05, 0.1) is 12.0 Å². The van der Waals surface area contributed by atoms with Crippen LogP contribution in [0.4, 0.5) is 24.5 Å². The van der Waals surface area contributed by atoms with Crippen molar-refractivity contribution >= 4 is 27.3 Å². The van der Waals surface area contributed by atoms with Crippen LogP contribution in [0.1, 0.15) is 5.56 Å². The van der Waals surface area contributed by atoms with E-state index in [1.54, 1.807) is 12.2 Å². The molecule has 2 rings (SSSR count). The molecule has 2 N–H and O–H groups in total. The largest absolute Gasteiger partial charge is 0.496 e. The van der Waals surface area contributed by atoms with Gasteiger partial charge in [0.2, 0.25) is 0 Å². The first-order chi connectivity index (χ1) is 12.0. The van der Waals surface area contributed by atoms with E-state index in [4.69, 9.17) is 4.74 Å². The number of carbonyl (C=O) groups is 1. The molecule has 2 aromatic rings. The zero-order valence-corrected chi connectivity index (χ0v) is 14.5. The molecular weight excluding hydrogens is 373 g/mol. The van der Waals surface area contributed by atoms with Crippen molar-refractivity contribution in [2.24, 2.45) is 0 Å². The lowest BCUT2D eigenvalue weighted by molar-refractivity contribution is -0.167. The van der Waals surface area contributed by atoms with Crippen molar-refractivity contribution in [2.45, 2.75) is 18.0 Å². The van der Waals surface area contributed by atoms with Crippen LogP contribution in [-0.4, -0.2) is 27.6 Å². The number of nitrogens with one attached hydrogen (secondary N) is 2. The van der Waals surface area contributed by atoms with Gasteiger partial charge in [0.15, 0.2) is 0 Å². The van der Waals surface area contributed by atoms with Gasteiger partial charge in [-0.15, -0.1) is 0 Å². The number of sulfonamides is 1. The van der Waals surface area contributed by atoms with Gasteiger partial charge in [-0.1, -0.05) is 0 Å². The SMILES string of the molecule is COc1ccc(S(=O)(=O)Nc2ccc(NC(=O)C(F)(F)F)cc2)cc1C. The number of hydrogen-bond acceptors (Lipinski definition) is 4. The molecule has 0 spiro atoms. The van der Waals surface area contributed by atoms with E-state index in [1.807, 2.05) is 0 Å². The number of hydrogen-bond donors (Lipinski definition) is 2. The lowest BCUT2D eigenvalue weighted by Gasteiger charge is -2.12. The molecule has 0 bridgehead atoms. The number of aryl methyl sites for hydroxylation is 1. The van der Waals surface area contributed by atoms with Crippen LogP contribution in [0.2, 0.25) is 0 Å². The fourth-order valence-electron chi connectivity index (χ4n) is 2.06. The molecule has 0 fully saturated rings. The molecule has 6 nitrogen and oxygen atoms in total. The third kappa shape index (κ3) is 4.66. The lowest BCUT2D eigenvalue weighted by Crippen LogP contribution is -2.29. The lowest BCUT2D eigenvalue weighted by atomic mass is 10.2. The number of benzene rings is 2. The smallest absolute Gasteiger partial charge is 0.471 e. The van der Waals surface area contributed by atoms with Crippen LogP contribution >= 0.6 is 0 Å². The highest BCUT2D eigenvalue weighted by Crippen LogP contribution is 2.24. The van der Waals surface area contributed by atoms with Crippen LogP contribution < -0.4 is 14.8 Å². The van der Waals surface area contributed by atoms with Crippen LogP contribution in [-0.2, 0) is 14.8 Å². The molecule has 26 heavy (non-hydrogen) atoms. The van der Waals surface area contributed by atoms with Gasteiger partial charge in [-0.2, -0.15) is 13.2 Å². The van der Waals surface area contributed by atoms with Gasteiger partial charge in [0.25, 0.3) is 10.0 Å². The van der Waals surface area contributed by atoms with Gasteiger partial charge < -0.3 is 10.1 Å². The molecule has 0 aliphatic rings. The van der Waals surface area contributed by atoms with Crippen LogP contribution in [0, 0.1) is 6.92 Å². The molecule has 0 saturated carbocycles. The predicted octanol–water partition coefficient (Wildman–Crippen LogP) is 3.31. The number of methoxy groups -OCH3 is 1. The van der Waals surface area contributed by atoms with E-state index in [9.17, 15) is 26.4 Å². The normalized spacial score (nSPS) is 11.7. The summed E-state index contributed by atoms with van der Waals surface area (Å²) in [5, 5.41) is 1.67. The Bertz CT molecular complexity index is 910. The van der Waals surface area contributed by atoms with Crippen LogP contribution in [0.3, 0.4) is 0 Å². The summed E-state index contributed by atoms with van der Waals surface area (Å²) in [5.41, 5.74) is 0.639. The highest BCUT2D eigenvalue weighted by atomic mass is 32.2. The quantitative estimate of drug-likeness (QED) is 0.823. The zero-order valence-electron chi connectivity index (χ0n) is 13.7. The summed E-state index contributed by atoms with van der Waals surface area (Å²) < 4.78 is 68.7. The monoisotopic (exact) mass is 388 g/mol. The fraction of sp³-hybridized carbons (Fsp3) is 0.188. The molecule has 0 aliphatic heterocycles. The second kappa shape index (κ2) is 7.24. The Morgan fingerprint density at radius 2 is 1.62 bits per heavy atom. The summed E-state index contributed by atoms with van der Waals surface area (Å²) in [4.78, 5) is 10.9. The summed E-state index contributed by atoms with van der Waals surface area (Å²) in [6.45, 7) is 1.69. The Morgan fingerprint density at radius 3 is 2.12 bits per heavy atom. The van der Waals surface area contributed by atoms with Gasteiger partial charge in [-0.25, -0.2) is 8.42 Å². The first-order valence-corrected chi connectivity index (χ1v) is 8.67. The number of rotatable bonds is 5. The minimum absolute atomic E-state index is 0.00486. The van der Waals surface area contributed by atoms with E-state index in [0.717, 1.165) is 12.1 Å². The number of alkyl halides is 3. The third-order valence-corrected chi connectivity index (χ3v) is 4.71. The van der Waals surface area contributed by atoms with Gasteiger partial charge in [0, 0.05) is 11.4 Å². The molecule has 1 amide bonds. The average Bonchev–Trinajstić information content (AvgIpc) is 2.55. The van der Waals surface area contributed by atoms with Crippen molar-refractivity contribution in [2.75, 3.05) is 17.1 Å². The summed E-state index contributed by atoms with van der Waals surface area (Å²) in [7, 11) is -2.43. The molecule has 0 unspecified atom stereocenters. The van der Waals surface area contributed by atoms with E-state index >= 15 is 0 Å². The molecule has 2 aromatic carbocycles. The maximum absolute atomic E-state index is 12.4. The van der Waals surface area contributed by atoms with E-state index in [-0.39, 0.29) is 16.3 Å². The maximum atomic E-state index is 12.4.